The third-order valence-electron chi connectivity index (χ3n) is 6.14. The van der Waals surface area contributed by atoms with E-state index in [0.29, 0.717) is 16.3 Å². The largest absolute Gasteiger partial charge is 0.350 e. The molecule has 0 heterocycles. The zero-order valence-electron chi connectivity index (χ0n) is 23.2. The lowest BCUT2D eigenvalue weighted by molar-refractivity contribution is -0.140. The SMILES string of the molecule is Cc1cccc(CN(C(=O)CN(c2ccc(Cl)cc2C)S(=O)(=O)c2ccccc2)C(C)C(=O)NC(C)(C)C)c1. The normalized spacial score (nSPS) is 12.5. The minimum Gasteiger partial charge on any atom is -0.350 e. The highest BCUT2D eigenvalue weighted by atomic mass is 35.5. The fourth-order valence-corrected chi connectivity index (χ4v) is 5.92. The predicted octanol–water partition coefficient (Wildman–Crippen LogP) is 5.48. The highest BCUT2D eigenvalue weighted by Crippen LogP contribution is 2.29. The highest BCUT2D eigenvalue weighted by molar-refractivity contribution is 7.92. The number of halogens is 1. The first-order valence-electron chi connectivity index (χ1n) is 12.7. The zero-order chi connectivity index (χ0) is 29.0. The first kappa shape index (κ1) is 30.2. The van der Waals surface area contributed by atoms with Crippen LogP contribution in [0.2, 0.25) is 5.02 Å². The molecule has 3 aromatic rings. The van der Waals surface area contributed by atoms with Gasteiger partial charge in [0.2, 0.25) is 11.8 Å². The van der Waals surface area contributed by atoms with E-state index in [-0.39, 0.29) is 17.3 Å². The molecule has 39 heavy (non-hydrogen) atoms. The van der Waals surface area contributed by atoms with Crippen LogP contribution in [0.1, 0.15) is 44.4 Å². The highest BCUT2D eigenvalue weighted by Gasteiger charge is 2.33. The maximum Gasteiger partial charge on any atom is 0.264 e. The van der Waals surface area contributed by atoms with Gasteiger partial charge in [-0.05, 0) is 83.0 Å². The molecule has 0 aliphatic heterocycles. The van der Waals surface area contributed by atoms with Crippen molar-refractivity contribution in [2.45, 2.75) is 64.6 Å². The minimum atomic E-state index is -4.13. The Balaban J connectivity index is 2.06. The van der Waals surface area contributed by atoms with Crippen molar-refractivity contribution in [3.8, 4) is 0 Å². The number of hydrogen-bond acceptors (Lipinski definition) is 4. The summed E-state index contributed by atoms with van der Waals surface area (Å²) in [4.78, 5) is 28.7. The zero-order valence-corrected chi connectivity index (χ0v) is 24.8. The summed E-state index contributed by atoms with van der Waals surface area (Å²) < 4.78 is 28.8. The standard InChI is InChI=1S/C30H36ClN3O4S/c1-21-11-10-12-24(17-21)19-33(23(3)29(36)32-30(4,5)6)28(35)20-34(27-16-15-25(31)18-22(27)2)39(37,38)26-13-8-7-9-14-26/h7-18,23H,19-20H2,1-6H3,(H,32,36). The van der Waals surface area contributed by atoms with Crippen LogP contribution in [0, 0.1) is 13.8 Å². The average Bonchev–Trinajstić information content (AvgIpc) is 2.85. The quantitative estimate of drug-likeness (QED) is 0.369. The maximum atomic E-state index is 14.0. The molecule has 2 amide bonds. The number of carbonyl (C=O) groups excluding carboxylic acids is 2. The summed E-state index contributed by atoms with van der Waals surface area (Å²) >= 11 is 6.15. The second-order valence-corrected chi connectivity index (χ2v) is 13.0. The van der Waals surface area contributed by atoms with Gasteiger partial charge >= 0.3 is 0 Å². The van der Waals surface area contributed by atoms with Gasteiger partial charge in [0.15, 0.2) is 0 Å². The van der Waals surface area contributed by atoms with Gasteiger partial charge in [0, 0.05) is 17.1 Å². The molecule has 9 heteroatoms. The lowest BCUT2D eigenvalue weighted by Gasteiger charge is -2.34. The summed E-state index contributed by atoms with van der Waals surface area (Å²) in [6.45, 7) is 10.6. The molecule has 0 radical (unpaired) electrons. The van der Waals surface area contributed by atoms with Crippen LogP contribution in [-0.4, -0.2) is 43.3 Å². The number of hydrogen-bond donors (Lipinski definition) is 1. The van der Waals surface area contributed by atoms with Crippen LogP contribution in [0.15, 0.2) is 77.7 Å². The Hall–Kier alpha value is -3.36. The van der Waals surface area contributed by atoms with Crippen molar-refractivity contribution in [1.82, 2.24) is 10.2 Å². The van der Waals surface area contributed by atoms with Gasteiger partial charge < -0.3 is 10.2 Å². The second kappa shape index (κ2) is 12.2. The number of aryl methyl sites for hydroxylation is 2. The average molecular weight is 570 g/mol. The van der Waals surface area contributed by atoms with Crippen LogP contribution >= 0.6 is 11.6 Å². The summed E-state index contributed by atoms with van der Waals surface area (Å²) in [5.74, 6) is -0.842. The van der Waals surface area contributed by atoms with Crippen LogP contribution in [0.4, 0.5) is 5.69 Å². The third-order valence-corrected chi connectivity index (χ3v) is 8.15. The Bertz CT molecular complexity index is 1440. The Morgan fingerprint density at radius 1 is 0.949 bits per heavy atom. The van der Waals surface area contributed by atoms with Gasteiger partial charge in [0.05, 0.1) is 10.6 Å². The predicted molar refractivity (Wildman–Crippen MR) is 156 cm³/mol. The molecule has 0 aliphatic carbocycles. The van der Waals surface area contributed by atoms with Crippen LogP contribution in [0.25, 0.3) is 0 Å². The van der Waals surface area contributed by atoms with Gasteiger partial charge in [0.1, 0.15) is 12.6 Å². The van der Waals surface area contributed by atoms with Gasteiger partial charge in [-0.3, -0.25) is 13.9 Å². The molecule has 208 valence electrons. The van der Waals surface area contributed by atoms with Crippen molar-refractivity contribution in [2.24, 2.45) is 0 Å². The van der Waals surface area contributed by atoms with E-state index < -0.39 is 34.1 Å². The second-order valence-electron chi connectivity index (χ2n) is 10.7. The van der Waals surface area contributed by atoms with Crippen molar-refractivity contribution >= 4 is 39.1 Å². The van der Waals surface area contributed by atoms with Crippen LogP contribution in [0.3, 0.4) is 0 Å². The number of sulfonamides is 1. The number of rotatable bonds is 9. The molecule has 0 aliphatic rings. The molecule has 1 atom stereocenters. The molecule has 0 saturated carbocycles. The lowest BCUT2D eigenvalue weighted by atomic mass is 10.1. The summed E-state index contributed by atoms with van der Waals surface area (Å²) in [6, 6.07) is 19.6. The van der Waals surface area contributed by atoms with Crippen molar-refractivity contribution in [3.05, 3.63) is 94.5 Å². The van der Waals surface area contributed by atoms with E-state index >= 15 is 0 Å². The smallest absolute Gasteiger partial charge is 0.264 e. The van der Waals surface area contributed by atoms with Gasteiger partial charge in [-0.25, -0.2) is 8.42 Å². The minimum absolute atomic E-state index is 0.0518. The van der Waals surface area contributed by atoms with E-state index in [0.717, 1.165) is 15.4 Å². The number of carbonyl (C=O) groups is 2. The maximum absolute atomic E-state index is 14.0. The molecular weight excluding hydrogens is 534 g/mol. The molecule has 3 rings (SSSR count). The summed E-state index contributed by atoms with van der Waals surface area (Å²) in [6.07, 6.45) is 0. The van der Waals surface area contributed by atoms with Gasteiger partial charge in [0.25, 0.3) is 10.0 Å². The fourth-order valence-electron chi connectivity index (χ4n) is 4.20. The van der Waals surface area contributed by atoms with E-state index in [1.807, 2.05) is 52.0 Å². The molecule has 3 aromatic carbocycles. The first-order chi connectivity index (χ1) is 18.2. The van der Waals surface area contributed by atoms with Gasteiger partial charge in [-0.15, -0.1) is 0 Å². The van der Waals surface area contributed by atoms with Crippen molar-refractivity contribution in [3.63, 3.8) is 0 Å². The molecule has 0 saturated heterocycles. The Labute approximate surface area is 236 Å². The first-order valence-corrected chi connectivity index (χ1v) is 14.5. The number of nitrogens with zero attached hydrogens (tertiary/aromatic N) is 2. The summed E-state index contributed by atoms with van der Waals surface area (Å²) in [7, 11) is -4.13. The molecule has 7 nitrogen and oxygen atoms in total. The molecule has 1 N–H and O–H groups in total. The van der Waals surface area contributed by atoms with Crippen LogP contribution in [0.5, 0.6) is 0 Å². The monoisotopic (exact) mass is 569 g/mol. The number of benzene rings is 3. The Morgan fingerprint density at radius 2 is 1.62 bits per heavy atom. The molecule has 0 fully saturated rings. The van der Waals surface area contributed by atoms with E-state index in [4.69, 9.17) is 11.6 Å². The fraction of sp³-hybridized carbons (Fsp3) is 0.333. The lowest BCUT2D eigenvalue weighted by Crippen LogP contribution is -2.54. The topological polar surface area (TPSA) is 86.8 Å². The van der Waals surface area contributed by atoms with E-state index in [2.05, 4.69) is 5.32 Å². The van der Waals surface area contributed by atoms with E-state index in [1.165, 1.54) is 17.0 Å². The number of nitrogens with one attached hydrogen (secondary N) is 1. The molecule has 1 unspecified atom stereocenters. The van der Waals surface area contributed by atoms with Crippen molar-refractivity contribution in [2.75, 3.05) is 10.8 Å². The van der Waals surface area contributed by atoms with E-state index in [1.54, 1.807) is 50.2 Å². The van der Waals surface area contributed by atoms with Gasteiger partial charge in [-0.2, -0.15) is 0 Å². The van der Waals surface area contributed by atoms with Crippen LogP contribution < -0.4 is 9.62 Å². The van der Waals surface area contributed by atoms with E-state index in [9.17, 15) is 18.0 Å². The van der Waals surface area contributed by atoms with Crippen molar-refractivity contribution < 1.29 is 18.0 Å². The molecule has 0 aromatic heterocycles. The third kappa shape index (κ3) is 7.83. The van der Waals surface area contributed by atoms with Crippen molar-refractivity contribution in [1.29, 1.82) is 0 Å². The molecular formula is C30H36ClN3O4S. The molecule has 0 spiro atoms. The number of amides is 2. The number of anilines is 1. The van der Waals surface area contributed by atoms with Crippen LogP contribution in [-0.2, 0) is 26.2 Å². The summed E-state index contributed by atoms with van der Waals surface area (Å²) in [5, 5.41) is 3.38. The van der Waals surface area contributed by atoms with Gasteiger partial charge in [-0.1, -0.05) is 59.6 Å². The Morgan fingerprint density at radius 3 is 2.21 bits per heavy atom. The Kier molecular flexibility index (Phi) is 9.46. The summed E-state index contributed by atoms with van der Waals surface area (Å²) in [5.41, 5.74) is 2.26. The molecule has 0 bridgehead atoms.